The molecule has 6 nitrogen and oxygen atoms in total. The van der Waals surface area contributed by atoms with E-state index in [-0.39, 0.29) is 12.5 Å². The van der Waals surface area contributed by atoms with Gasteiger partial charge in [-0.3, -0.25) is 4.79 Å². The monoisotopic (exact) mass is 407 g/mol. The fraction of sp³-hybridized carbons (Fsp3) is 0.316. The molecule has 1 heterocycles. The van der Waals surface area contributed by atoms with E-state index in [9.17, 15) is 13.2 Å². The number of aryl methyl sites for hydroxylation is 1. The summed E-state index contributed by atoms with van der Waals surface area (Å²) in [6.45, 7) is 2.71. The van der Waals surface area contributed by atoms with E-state index in [0.29, 0.717) is 36.8 Å². The van der Waals surface area contributed by atoms with Crippen LogP contribution in [0.25, 0.3) is 0 Å². The highest BCUT2D eigenvalue weighted by atomic mass is 35.5. The van der Waals surface area contributed by atoms with Crippen LogP contribution in [-0.2, 0) is 21.5 Å². The van der Waals surface area contributed by atoms with Crippen LogP contribution in [0.15, 0.2) is 48.5 Å². The van der Waals surface area contributed by atoms with Crippen molar-refractivity contribution in [2.75, 3.05) is 25.0 Å². The normalized spacial score (nSPS) is 17.6. The summed E-state index contributed by atoms with van der Waals surface area (Å²) in [7, 11) is -3.69. The van der Waals surface area contributed by atoms with Crippen LogP contribution in [0.5, 0.6) is 0 Å². The molecule has 1 aliphatic rings. The van der Waals surface area contributed by atoms with Crippen molar-refractivity contribution in [3.8, 4) is 0 Å². The summed E-state index contributed by atoms with van der Waals surface area (Å²) in [6, 6.07) is 14.6. The third kappa shape index (κ3) is 4.87. The topological polar surface area (TPSA) is 69.7 Å². The Labute approximate surface area is 164 Å². The van der Waals surface area contributed by atoms with Crippen molar-refractivity contribution in [1.82, 2.24) is 8.61 Å². The number of nitrogens with one attached hydrogen (secondary N) is 1. The smallest absolute Gasteiger partial charge is 0.282 e. The van der Waals surface area contributed by atoms with E-state index >= 15 is 0 Å². The molecule has 1 saturated heterocycles. The van der Waals surface area contributed by atoms with Crippen molar-refractivity contribution >= 4 is 33.4 Å². The molecule has 1 fully saturated rings. The third-order valence-corrected chi connectivity index (χ3v) is 6.63. The van der Waals surface area contributed by atoms with E-state index in [2.05, 4.69) is 5.32 Å². The van der Waals surface area contributed by atoms with Gasteiger partial charge in [-0.1, -0.05) is 48.0 Å². The van der Waals surface area contributed by atoms with Crippen LogP contribution in [0, 0.1) is 6.92 Å². The van der Waals surface area contributed by atoms with Crippen LogP contribution >= 0.6 is 11.6 Å². The second kappa shape index (κ2) is 8.39. The number of nitrogens with zero attached hydrogens (tertiary/aromatic N) is 2. The highest BCUT2D eigenvalue weighted by Crippen LogP contribution is 2.22. The van der Waals surface area contributed by atoms with Gasteiger partial charge >= 0.3 is 0 Å². The molecule has 27 heavy (non-hydrogen) atoms. The standard InChI is InChI=1S/C19H22ClN3O3S/c1-15-8-9-17(20)12-18(15)21-19(24)14-23-11-5-10-22(27(23,25)26)13-16-6-3-2-4-7-16/h2-4,6-9,12H,5,10-11,13-14H2,1H3,(H,21,24). The van der Waals surface area contributed by atoms with Crippen molar-refractivity contribution in [1.29, 1.82) is 0 Å². The van der Waals surface area contributed by atoms with Gasteiger partial charge in [0, 0.05) is 30.3 Å². The van der Waals surface area contributed by atoms with E-state index in [1.807, 2.05) is 37.3 Å². The van der Waals surface area contributed by atoms with Crippen LogP contribution in [0.2, 0.25) is 5.02 Å². The van der Waals surface area contributed by atoms with Gasteiger partial charge in [-0.2, -0.15) is 17.0 Å². The fourth-order valence-electron chi connectivity index (χ4n) is 3.00. The van der Waals surface area contributed by atoms with Crippen molar-refractivity contribution in [3.63, 3.8) is 0 Å². The minimum Gasteiger partial charge on any atom is -0.325 e. The average molecular weight is 408 g/mol. The maximum Gasteiger partial charge on any atom is 0.282 e. The number of hydrogen-bond donors (Lipinski definition) is 1. The Morgan fingerprint density at radius 3 is 2.56 bits per heavy atom. The largest absolute Gasteiger partial charge is 0.325 e. The van der Waals surface area contributed by atoms with Crippen LogP contribution < -0.4 is 5.32 Å². The van der Waals surface area contributed by atoms with Crippen molar-refractivity contribution in [3.05, 3.63) is 64.7 Å². The lowest BCUT2D eigenvalue weighted by atomic mass is 10.2. The zero-order chi connectivity index (χ0) is 19.4. The summed E-state index contributed by atoms with van der Waals surface area (Å²) < 4.78 is 28.4. The second-order valence-electron chi connectivity index (χ2n) is 6.52. The molecule has 0 radical (unpaired) electrons. The zero-order valence-corrected chi connectivity index (χ0v) is 16.6. The van der Waals surface area contributed by atoms with Crippen LogP contribution in [0.3, 0.4) is 0 Å². The maximum atomic E-state index is 12.9. The molecule has 8 heteroatoms. The van der Waals surface area contributed by atoms with Gasteiger partial charge in [-0.25, -0.2) is 0 Å². The van der Waals surface area contributed by atoms with Crippen molar-refractivity contribution in [2.45, 2.75) is 19.9 Å². The number of hydrogen-bond acceptors (Lipinski definition) is 3. The quantitative estimate of drug-likeness (QED) is 0.828. The summed E-state index contributed by atoms with van der Waals surface area (Å²) >= 11 is 5.97. The Kier molecular flexibility index (Phi) is 6.16. The van der Waals surface area contributed by atoms with E-state index in [1.165, 1.54) is 8.61 Å². The first-order valence-corrected chi connectivity index (χ1v) is 10.5. The highest BCUT2D eigenvalue weighted by Gasteiger charge is 2.34. The van der Waals surface area contributed by atoms with Gasteiger partial charge in [0.05, 0.1) is 6.54 Å². The lowest BCUT2D eigenvalue weighted by Gasteiger charge is -2.34. The number of anilines is 1. The van der Waals surface area contributed by atoms with Gasteiger partial charge in [-0.05, 0) is 36.6 Å². The second-order valence-corrected chi connectivity index (χ2v) is 8.89. The summed E-state index contributed by atoms with van der Waals surface area (Å²) in [6.07, 6.45) is 0.676. The molecule has 0 atom stereocenters. The first-order chi connectivity index (χ1) is 12.9. The van der Waals surface area contributed by atoms with Crippen LogP contribution in [0.1, 0.15) is 17.5 Å². The van der Waals surface area contributed by atoms with Crippen LogP contribution in [-0.4, -0.2) is 42.6 Å². The molecule has 1 amide bonds. The molecule has 0 bridgehead atoms. The number of benzene rings is 2. The van der Waals surface area contributed by atoms with Crippen molar-refractivity contribution < 1.29 is 13.2 Å². The van der Waals surface area contributed by atoms with E-state index in [1.54, 1.807) is 18.2 Å². The third-order valence-electron chi connectivity index (χ3n) is 4.46. The SMILES string of the molecule is Cc1ccc(Cl)cc1NC(=O)CN1CCCN(Cc2ccccc2)S1(=O)=O. The predicted molar refractivity (Wildman–Crippen MR) is 107 cm³/mol. The zero-order valence-electron chi connectivity index (χ0n) is 15.1. The fourth-order valence-corrected chi connectivity index (χ4v) is 4.82. The molecule has 0 spiro atoms. The highest BCUT2D eigenvalue weighted by molar-refractivity contribution is 7.86. The van der Waals surface area contributed by atoms with Gasteiger partial charge in [0.1, 0.15) is 0 Å². The number of rotatable bonds is 5. The summed E-state index contributed by atoms with van der Waals surface area (Å²) in [5.74, 6) is -0.384. The molecule has 2 aromatic rings. The Bertz CT molecular complexity index is 919. The first kappa shape index (κ1) is 19.8. The summed E-state index contributed by atoms with van der Waals surface area (Å²) in [5.41, 5.74) is 2.37. The number of halogens is 1. The lowest BCUT2D eigenvalue weighted by molar-refractivity contribution is -0.116. The Balaban J connectivity index is 1.68. The lowest BCUT2D eigenvalue weighted by Crippen LogP contribution is -2.51. The van der Waals surface area contributed by atoms with Gasteiger partial charge in [-0.15, -0.1) is 0 Å². The Hall–Kier alpha value is -1.93. The van der Waals surface area contributed by atoms with Gasteiger partial charge < -0.3 is 5.32 Å². The first-order valence-electron chi connectivity index (χ1n) is 8.71. The predicted octanol–water partition coefficient (Wildman–Crippen LogP) is 3.04. The molecule has 0 saturated carbocycles. The molecular weight excluding hydrogens is 386 g/mol. The van der Waals surface area contributed by atoms with E-state index in [0.717, 1.165) is 11.1 Å². The Morgan fingerprint density at radius 1 is 1.11 bits per heavy atom. The number of carbonyl (C=O) groups is 1. The Morgan fingerprint density at radius 2 is 1.81 bits per heavy atom. The molecule has 2 aromatic carbocycles. The van der Waals surface area contributed by atoms with Gasteiger partial charge in [0.2, 0.25) is 5.91 Å². The molecule has 1 aliphatic heterocycles. The van der Waals surface area contributed by atoms with Gasteiger partial charge in [0.25, 0.3) is 10.2 Å². The molecule has 0 aromatic heterocycles. The molecule has 0 unspecified atom stereocenters. The molecule has 144 valence electrons. The molecule has 0 aliphatic carbocycles. The van der Waals surface area contributed by atoms with E-state index < -0.39 is 10.2 Å². The summed E-state index contributed by atoms with van der Waals surface area (Å²) in [4.78, 5) is 12.4. The maximum absolute atomic E-state index is 12.9. The minimum absolute atomic E-state index is 0.223. The van der Waals surface area contributed by atoms with Crippen molar-refractivity contribution in [2.24, 2.45) is 0 Å². The molecule has 3 rings (SSSR count). The van der Waals surface area contributed by atoms with E-state index in [4.69, 9.17) is 11.6 Å². The summed E-state index contributed by atoms with van der Waals surface area (Å²) in [5, 5.41) is 3.26. The average Bonchev–Trinajstić information content (AvgIpc) is 2.63. The van der Waals surface area contributed by atoms with Gasteiger partial charge in [0.15, 0.2) is 0 Å². The number of carbonyl (C=O) groups excluding carboxylic acids is 1. The molecular formula is C19H22ClN3O3S. The minimum atomic E-state index is -3.69. The van der Waals surface area contributed by atoms with Crippen LogP contribution in [0.4, 0.5) is 5.69 Å². The number of amides is 1. The molecule has 1 N–H and O–H groups in total.